The zero-order valence-corrected chi connectivity index (χ0v) is 15.3. The van der Waals surface area contributed by atoms with Crippen molar-refractivity contribution >= 4 is 11.6 Å². The van der Waals surface area contributed by atoms with Crippen LogP contribution in [0.1, 0.15) is 16.7 Å². The van der Waals surface area contributed by atoms with E-state index in [9.17, 15) is 5.11 Å². The highest BCUT2D eigenvalue weighted by Crippen LogP contribution is 2.41. The molecule has 0 spiro atoms. The third-order valence-corrected chi connectivity index (χ3v) is 4.96. The molecule has 4 aromatic rings. The van der Waals surface area contributed by atoms with Gasteiger partial charge in [-0.15, -0.1) is 0 Å². The van der Waals surface area contributed by atoms with Gasteiger partial charge in [-0.3, -0.25) is 4.98 Å². The monoisotopic (exact) mass is 371 g/mol. The lowest BCUT2D eigenvalue weighted by Gasteiger charge is -2.31. The SMILES string of the molecule is OC(c1ccccc1)(c1cccnc1)c1ccccc1-c1cccc(Cl)c1. The molecule has 4 rings (SSSR count). The van der Waals surface area contributed by atoms with E-state index in [0.29, 0.717) is 10.6 Å². The van der Waals surface area contributed by atoms with Crippen molar-refractivity contribution < 1.29 is 5.11 Å². The van der Waals surface area contributed by atoms with E-state index in [1.54, 1.807) is 12.4 Å². The fourth-order valence-electron chi connectivity index (χ4n) is 3.44. The van der Waals surface area contributed by atoms with Gasteiger partial charge in [-0.1, -0.05) is 84.4 Å². The van der Waals surface area contributed by atoms with E-state index in [2.05, 4.69) is 4.98 Å². The summed E-state index contributed by atoms with van der Waals surface area (Å²) in [4.78, 5) is 4.24. The summed E-state index contributed by atoms with van der Waals surface area (Å²) in [6, 6.07) is 28.9. The summed E-state index contributed by atoms with van der Waals surface area (Å²) in [5.41, 5.74) is 2.82. The van der Waals surface area contributed by atoms with Crippen LogP contribution in [0.5, 0.6) is 0 Å². The quantitative estimate of drug-likeness (QED) is 0.500. The second-order valence-corrected chi connectivity index (χ2v) is 6.81. The Morgan fingerprint density at radius 2 is 1.48 bits per heavy atom. The minimum Gasteiger partial charge on any atom is -0.376 e. The molecule has 0 fully saturated rings. The van der Waals surface area contributed by atoms with Crippen LogP contribution in [0.2, 0.25) is 5.02 Å². The molecular weight excluding hydrogens is 354 g/mol. The summed E-state index contributed by atoms with van der Waals surface area (Å²) in [5.74, 6) is 0. The summed E-state index contributed by atoms with van der Waals surface area (Å²) in [6.07, 6.45) is 3.42. The molecule has 0 aliphatic heterocycles. The number of aromatic nitrogens is 1. The number of nitrogens with zero attached hydrogens (tertiary/aromatic N) is 1. The number of hydrogen-bond acceptors (Lipinski definition) is 2. The second-order valence-electron chi connectivity index (χ2n) is 6.37. The normalized spacial score (nSPS) is 13.1. The van der Waals surface area contributed by atoms with Crippen molar-refractivity contribution in [2.45, 2.75) is 5.60 Å². The number of rotatable bonds is 4. The lowest BCUT2D eigenvalue weighted by atomic mass is 9.78. The summed E-state index contributed by atoms with van der Waals surface area (Å²) in [5, 5.41) is 12.7. The van der Waals surface area contributed by atoms with Crippen LogP contribution in [0.3, 0.4) is 0 Å². The highest BCUT2D eigenvalue weighted by atomic mass is 35.5. The fraction of sp³-hybridized carbons (Fsp3) is 0.0417. The van der Waals surface area contributed by atoms with E-state index in [0.717, 1.165) is 22.3 Å². The topological polar surface area (TPSA) is 33.1 Å². The molecule has 0 aliphatic rings. The standard InChI is InChI=1S/C24H18ClNO/c25-21-12-6-8-18(16-21)22-13-4-5-14-23(22)24(27,19-9-2-1-3-10-19)20-11-7-15-26-17-20/h1-17,27H. The number of aliphatic hydroxyl groups is 1. The van der Waals surface area contributed by atoms with Crippen LogP contribution >= 0.6 is 11.6 Å². The van der Waals surface area contributed by atoms with Crippen LogP contribution in [-0.2, 0) is 5.60 Å². The van der Waals surface area contributed by atoms with Crippen molar-refractivity contribution in [3.63, 3.8) is 0 Å². The first-order valence-electron chi connectivity index (χ1n) is 8.73. The van der Waals surface area contributed by atoms with Gasteiger partial charge in [-0.2, -0.15) is 0 Å². The Hall–Kier alpha value is -2.94. The molecule has 0 saturated carbocycles. The second kappa shape index (κ2) is 7.36. The maximum Gasteiger partial charge on any atom is 0.142 e. The zero-order valence-electron chi connectivity index (χ0n) is 14.6. The van der Waals surface area contributed by atoms with E-state index in [1.165, 1.54) is 0 Å². The minimum absolute atomic E-state index is 0.659. The van der Waals surface area contributed by atoms with Crippen molar-refractivity contribution in [1.82, 2.24) is 4.98 Å². The summed E-state index contributed by atoms with van der Waals surface area (Å²) >= 11 is 6.22. The van der Waals surface area contributed by atoms with Gasteiger partial charge in [-0.25, -0.2) is 0 Å². The highest BCUT2D eigenvalue weighted by Gasteiger charge is 2.36. The van der Waals surface area contributed by atoms with Crippen LogP contribution in [-0.4, -0.2) is 10.1 Å². The molecule has 0 aliphatic carbocycles. The van der Waals surface area contributed by atoms with Gasteiger partial charge in [0.25, 0.3) is 0 Å². The minimum atomic E-state index is -1.34. The molecule has 1 heterocycles. The molecule has 1 atom stereocenters. The molecule has 132 valence electrons. The number of halogens is 1. The predicted octanol–water partition coefficient (Wildman–Crippen LogP) is 5.69. The van der Waals surface area contributed by atoms with E-state index in [-0.39, 0.29) is 0 Å². The van der Waals surface area contributed by atoms with E-state index in [1.807, 2.05) is 91.0 Å². The van der Waals surface area contributed by atoms with Gasteiger partial charge in [0.15, 0.2) is 0 Å². The Kier molecular flexibility index (Phi) is 4.76. The molecule has 3 heteroatoms. The smallest absolute Gasteiger partial charge is 0.142 e. The van der Waals surface area contributed by atoms with Crippen LogP contribution in [0.25, 0.3) is 11.1 Å². The Labute approximate surface area is 163 Å². The van der Waals surface area contributed by atoms with Gasteiger partial charge >= 0.3 is 0 Å². The summed E-state index contributed by atoms with van der Waals surface area (Å²) in [7, 11) is 0. The lowest BCUT2D eigenvalue weighted by molar-refractivity contribution is 0.126. The molecule has 1 aromatic heterocycles. The average Bonchev–Trinajstić information content (AvgIpc) is 2.74. The first-order valence-corrected chi connectivity index (χ1v) is 9.11. The van der Waals surface area contributed by atoms with Crippen molar-refractivity contribution in [2.75, 3.05) is 0 Å². The summed E-state index contributed by atoms with van der Waals surface area (Å²) in [6.45, 7) is 0. The van der Waals surface area contributed by atoms with Crippen LogP contribution < -0.4 is 0 Å². The van der Waals surface area contributed by atoms with E-state index < -0.39 is 5.60 Å². The molecular formula is C24H18ClNO. The molecule has 1 N–H and O–H groups in total. The third kappa shape index (κ3) is 3.25. The number of benzene rings is 3. The molecule has 1 unspecified atom stereocenters. The Bertz CT molecular complexity index is 1010. The van der Waals surface area contributed by atoms with E-state index in [4.69, 9.17) is 11.6 Å². The van der Waals surface area contributed by atoms with Crippen LogP contribution in [0.4, 0.5) is 0 Å². The van der Waals surface area contributed by atoms with Crippen molar-refractivity contribution in [2.24, 2.45) is 0 Å². The van der Waals surface area contributed by atoms with Crippen LogP contribution in [0.15, 0.2) is 103 Å². The third-order valence-electron chi connectivity index (χ3n) is 4.72. The van der Waals surface area contributed by atoms with Crippen LogP contribution in [0, 0.1) is 0 Å². The van der Waals surface area contributed by atoms with Gasteiger partial charge in [0.1, 0.15) is 5.60 Å². The Morgan fingerprint density at radius 3 is 2.22 bits per heavy atom. The van der Waals surface area contributed by atoms with Crippen molar-refractivity contribution in [1.29, 1.82) is 0 Å². The van der Waals surface area contributed by atoms with Gasteiger partial charge in [0.2, 0.25) is 0 Å². The number of pyridine rings is 1. The van der Waals surface area contributed by atoms with Gasteiger partial charge < -0.3 is 5.11 Å². The molecule has 27 heavy (non-hydrogen) atoms. The first-order chi connectivity index (χ1) is 13.2. The zero-order chi connectivity index (χ0) is 18.7. The number of hydrogen-bond donors (Lipinski definition) is 1. The fourth-order valence-corrected chi connectivity index (χ4v) is 3.63. The van der Waals surface area contributed by atoms with Gasteiger partial charge in [0.05, 0.1) is 0 Å². The van der Waals surface area contributed by atoms with Crippen molar-refractivity contribution in [3.8, 4) is 11.1 Å². The lowest BCUT2D eigenvalue weighted by Crippen LogP contribution is -2.29. The maximum absolute atomic E-state index is 12.1. The molecule has 3 aromatic carbocycles. The largest absolute Gasteiger partial charge is 0.376 e. The molecule has 0 amide bonds. The Morgan fingerprint density at radius 1 is 0.741 bits per heavy atom. The predicted molar refractivity (Wildman–Crippen MR) is 110 cm³/mol. The van der Waals surface area contributed by atoms with Crippen molar-refractivity contribution in [3.05, 3.63) is 125 Å². The van der Waals surface area contributed by atoms with Gasteiger partial charge in [0, 0.05) is 28.5 Å². The van der Waals surface area contributed by atoms with E-state index >= 15 is 0 Å². The Balaban J connectivity index is 2.01. The maximum atomic E-state index is 12.1. The molecule has 0 radical (unpaired) electrons. The highest BCUT2D eigenvalue weighted by molar-refractivity contribution is 6.30. The first kappa shape index (κ1) is 17.5. The molecule has 2 nitrogen and oxygen atoms in total. The molecule has 0 bridgehead atoms. The molecule has 0 saturated heterocycles. The summed E-state index contributed by atoms with van der Waals surface area (Å²) < 4.78 is 0. The van der Waals surface area contributed by atoms with Gasteiger partial charge in [-0.05, 0) is 34.9 Å². The average molecular weight is 372 g/mol.